The van der Waals surface area contributed by atoms with E-state index in [1.807, 2.05) is 0 Å². The van der Waals surface area contributed by atoms with Crippen LogP contribution in [0.5, 0.6) is 0 Å². The van der Waals surface area contributed by atoms with Crippen LogP contribution in [0.2, 0.25) is 0 Å². The Hall–Kier alpha value is 0.440. The van der Waals surface area contributed by atoms with Crippen molar-refractivity contribution in [2.75, 3.05) is 12.8 Å². The fraction of sp³-hybridized carbons (Fsp3) is 1.00. The van der Waals surface area contributed by atoms with Gasteiger partial charge in [-0.25, -0.2) is 0 Å². The average molecular weight is 390 g/mol. The van der Waals surface area contributed by atoms with Crippen LogP contribution in [0.3, 0.4) is 0 Å². The molecule has 0 nitrogen and oxygen atoms in total. The Bertz CT molecular complexity index is 237. The Labute approximate surface area is 139 Å². The van der Waals surface area contributed by atoms with E-state index < -0.39 is 7.81 Å². The minimum atomic E-state index is -10.7. The normalized spacial score (nSPS) is 15.1. The van der Waals surface area contributed by atoms with E-state index in [2.05, 4.69) is 13.6 Å². The summed E-state index contributed by atoms with van der Waals surface area (Å²) in [5.74, 6) is 0. The standard InChI is InChI=1S/C15H33P.F6P/c1-3-4-5-6-7-8-9-10-11-12-13-14-15-16-2;1-7(2,3,4,5)6/h16H,3-15H2,1-2H3;/q;-1/p+1. The second kappa shape index (κ2) is 11.9. The molecule has 23 heavy (non-hydrogen) atoms. The van der Waals surface area contributed by atoms with Gasteiger partial charge in [-0.1, -0.05) is 71.1 Å². The van der Waals surface area contributed by atoms with Crippen LogP contribution in [0.15, 0.2) is 0 Å². The molecule has 0 aliphatic rings. The molecular formula is C15H34F6P2. The summed E-state index contributed by atoms with van der Waals surface area (Å²) in [6, 6.07) is 0. The van der Waals surface area contributed by atoms with Crippen molar-refractivity contribution in [1.82, 2.24) is 0 Å². The van der Waals surface area contributed by atoms with Crippen LogP contribution in [0.4, 0.5) is 25.2 Å². The zero-order valence-corrected chi connectivity index (χ0v) is 16.5. The van der Waals surface area contributed by atoms with Gasteiger partial charge in [-0.3, -0.25) is 0 Å². The fourth-order valence-electron chi connectivity index (χ4n) is 2.19. The van der Waals surface area contributed by atoms with Gasteiger partial charge in [-0.15, -0.1) is 0 Å². The van der Waals surface area contributed by atoms with Crippen molar-refractivity contribution >= 4 is 16.4 Å². The van der Waals surface area contributed by atoms with Gasteiger partial charge < -0.3 is 0 Å². The molecule has 0 aromatic heterocycles. The maximum absolute atomic E-state index is 10.7. The van der Waals surface area contributed by atoms with Crippen molar-refractivity contribution in [3.8, 4) is 0 Å². The van der Waals surface area contributed by atoms with Gasteiger partial charge in [0.1, 0.15) is 0 Å². The summed E-state index contributed by atoms with van der Waals surface area (Å²) in [5, 5.41) is 0. The number of unbranched alkanes of at least 4 members (excludes halogenated alkanes) is 11. The molecule has 0 N–H and O–H groups in total. The second-order valence-electron chi connectivity index (χ2n) is 6.04. The molecule has 0 rings (SSSR count). The number of halogens is 6. The average Bonchev–Trinajstić information content (AvgIpc) is 2.36. The van der Waals surface area contributed by atoms with Crippen molar-refractivity contribution in [2.45, 2.75) is 84.0 Å². The van der Waals surface area contributed by atoms with E-state index in [1.165, 1.54) is 83.2 Å². The van der Waals surface area contributed by atoms with Crippen LogP contribution in [0.25, 0.3) is 0 Å². The Kier molecular flexibility index (Phi) is 13.3. The molecular weight excluding hydrogens is 356 g/mol. The molecule has 0 saturated carbocycles. The first-order valence-corrected chi connectivity index (χ1v) is 12.7. The van der Waals surface area contributed by atoms with Crippen molar-refractivity contribution in [2.24, 2.45) is 0 Å². The molecule has 0 fully saturated rings. The van der Waals surface area contributed by atoms with E-state index in [0.29, 0.717) is 0 Å². The molecule has 1 unspecified atom stereocenters. The molecule has 0 saturated heterocycles. The SMILES string of the molecule is CCCCCCCCCCCCCC[PH2+]C.F[P-](F)(F)(F)(F)F. The van der Waals surface area contributed by atoms with Gasteiger partial charge in [-0.2, -0.15) is 0 Å². The van der Waals surface area contributed by atoms with E-state index >= 15 is 0 Å². The predicted molar refractivity (Wildman–Crippen MR) is 95.1 cm³/mol. The van der Waals surface area contributed by atoms with Crippen LogP contribution in [0.1, 0.15) is 84.0 Å². The van der Waals surface area contributed by atoms with Gasteiger partial charge in [0.05, 0.1) is 6.16 Å². The van der Waals surface area contributed by atoms with Crippen LogP contribution in [0, 0.1) is 0 Å². The zero-order chi connectivity index (χ0) is 18.3. The quantitative estimate of drug-likeness (QED) is 0.167. The van der Waals surface area contributed by atoms with E-state index in [1.54, 1.807) is 0 Å². The number of hydrogen-bond acceptors (Lipinski definition) is 0. The van der Waals surface area contributed by atoms with Gasteiger partial charge in [0.15, 0.2) is 0 Å². The van der Waals surface area contributed by atoms with E-state index in [-0.39, 0.29) is 0 Å². The molecule has 0 amide bonds. The van der Waals surface area contributed by atoms with Gasteiger partial charge in [-0.05, 0) is 21.4 Å². The molecule has 8 heteroatoms. The van der Waals surface area contributed by atoms with Gasteiger partial charge >= 0.3 is 33.0 Å². The molecule has 0 radical (unpaired) electrons. The molecule has 0 heterocycles. The Morgan fingerprint density at radius 2 is 0.826 bits per heavy atom. The molecule has 0 aromatic rings. The molecule has 0 spiro atoms. The van der Waals surface area contributed by atoms with Crippen LogP contribution >= 0.6 is 16.4 Å². The summed E-state index contributed by atoms with van der Waals surface area (Å²) < 4.78 is 59.2. The summed E-state index contributed by atoms with van der Waals surface area (Å²) in [6.07, 6.45) is 19.2. The third kappa shape index (κ3) is 51.9. The van der Waals surface area contributed by atoms with Crippen molar-refractivity contribution in [3.05, 3.63) is 0 Å². The van der Waals surface area contributed by atoms with Gasteiger partial charge in [0.25, 0.3) is 0 Å². The van der Waals surface area contributed by atoms with Crippen LogP contribution < -0.4 is 0 Å². The Morgan fingerprint density at radius 1 is 0.565 bits per heavy atom. The third-order valence-corrected chi connectivity index (χ3v) is 4.33. The van der Waals surface area contributed by atoms with Crippen LogP contribution in [-0.2, 0) is 0 Å². The summed E-state index contributed by atoms with van der Waals surface area (Å²) in [4.78, 5) is 0. The summed E-state index contributed by atoms with van der Waals surface area (Å²) in [6.45, 7) is 4.67. The third-order valence-electron chi connectivity index (χ3n) is 3.35. The molecule has 146 valence electrons. The van der Waals surface area contributed by atoms with E-state index in [9.17, 15) is 25.2 Å². The Morgan fingerprint density at radius 3 is 1.09 bits per heavy atom. The first kappa shape index (κ1) is 25.7. The summed E-state index contributed by atoms with van der Waals surface area (Å²) in [5.41, 5.74) is 0. The summed E-state index contributed by atoms with van der Waals surface area (Å²) in [7, 11) is -9.89. The van der Waals surface area contributed by atoms with Crippen molar-refractivity contribution in [3.63, 3.8) is 0 Å². The Balaban J connectivity index is 0. The first-order valence-electron chi connectivity index (χ1n) is 8.71. The first-order chi connectivity index (χ1) is 10.4. The molecule has 0 aliphatic heterocycles. The molecule has 0 aliphatic carbocycles. The topological polar surface area (TPSA) is 0 Å². The van der Waals surface area contributed by atoms with Crippen molar-refractivity contribution in [1.29, 1.82) is 0 Å². The van der Waals surface area contributed by atoms with Crippen LogP contribution in [-0.4, -0.2) is 12.8 Å². The monoisotopic (exact) mass is 390 g/mol. The summed E-state index contributed by atoms with van der Waals surface area (Å²) >= 11 is 0. The van der Waals surface area contributed by atoms with E-state index in [0.717, 1.165) is 8.58 Å². The number of rotatable bonds is 13. The number of hydrogen-bond donors (Lipinski definition) is 0. The zero-order valence-electron chi connectivity index (χ0n) is 14.5. The second-order valence-corrected chi connectivity index (χ2v) is 9.35. The molecule has 0 bridgehead atoms. The minimum absolute atomic E-state index is 0.763. The maximum atomic E-state index is 9.87. The van der Waals surface area contributed by atoms with Gasteiger partial charge in [0, 0.05) is 6.66 Å². The van der Waals surface area contributed by atoms with Gasteiger partial charge in [0.2, 0.25) is 0 Å². The molecule has 0 aromatic carbocycles. The fourth-order valence-corrected chi connectivity index (χ4v) is 2.89. The van der Waals surface area contributed by atoms with Crippen molar-refractivity contribution < 1.29 is 25.2 Å². The van der Waals surface area contributed by atoms with E-state index in [4.69, 9.17) is 0 Å². The molecule has 1 atom stereocenters. The predicted octanol–water partition coefficient (Wildman–Crippen LogP) is 9.11.